The number of nitrogens with zero attached hydrogens (tertiary/aromatic N) is 1. The summed E-state index contributed by atoms with van der Waals surface area (Å²) in [5, 5.41) is 0. The molecule has 12 heavy (non-hydrogen) atoms. The first-order valence-corrected chi connectivity index (χ1v) is 3.68. The van der Waals surface area contributed by atoms with E-state index in [0.29, 0.717) is 12.1 Å². The summed E-state index contributed by atoms with van der Waals surface area (Å²) in [5.41, 5.74) is 0.113. The molecule has 0 spiro atoms. The van der Waals surface area contributed by atoms with Gasteiger partial charge in [-0.1, -0.05) is 6.92 Å². The number of aromatic nitrogens is 1. The van der Waals surface area contributed by atoms with Gasteiger partial charge in [0.25, 0.3) is 0 Å². The summed E-state index contributed by atoms with van der Waals surface area (Å²) >= 11 is 0. The van der Waals surface area contributed by atoms with Gasteiger partial charge >= 0.3 is 6.18 Å². The molecule has 0 aliphatic heterocycles. The van der Waals surface area contributed by atoms with Gasteiger partial charge in [-0.15, -0.1) is 0 Å². The third kappa shape index (κ3) is 1.47. The van der Waals surface area contributed by atoms with E-state index >= 15 is 0 Å². The van der Waals surface area contributed by atoms with Gasteiger partial charge in [0.1, 0.15) is 5.69 Å². The molecule has 0 atom stereocenters. The number of hydrogen-bond donors (Lipinski definition) is 0. The van der Waals surface area contributed by atoms with E-state index in [1.165, 1.54) is 17.7 Å². The van der Waals surface area contributed by atoms with Crippen molar-refractivity contribution < 1.29 is 13.2 Å². The van der Waals surface area contributed by atoms with Crippen LogP contribution < -0.4 is 0 Å². The minimum atomic E-state index is -4.23. The van der Waals surface area contributed by atoms with Crippen LogP contribution in [0, 0.1) is 0 Å². The van der Waals surface area contributed by atoms with Gasteiger partial charge in [0.2, 0.25) is 0 Å². The van der Waals surface area contributed by atoms with Crippen LogP contribution in [0.3, 0.4) is 0 Å². The molecule has 1 heterocycles. The molecule has 0 N–H and O–H groups in total. The Kier molecular flexibility index (Phi) is 2.17. The molecule has 0 bridgehead atoms. The third-order valence-corrected chi connectivity index (χ3v) is 1.88. The molecule has 0 radical (unpaired) electrons. The van der Waals surface area contributed by atoms with E-state index in [-0.39, 0.29) is 0 Å². The van der Waals surface area contributed by atoms with Crippen LogP contribution in [0.25, 0.3) is 0 Å². The summed E-state index contributed by atoms with van der Waals surface area (Å²) in [5.74, 6) is 0. The number of aryl methyl sites for hydroxylation is 1. The fourth-order valence-electron chi connectivity index (χ4n) is 1.19. The highest BCUT2D eigenvalue weighted by atomic mass is 19.4. The maximum atomic E-state index is 12.2. The lowest BCUT2D eigenvalue weighted by Crippen LogP contribution is -2.12. The van der Waals surface area contributed by atoms with E-state index in [4.69, 9.17) is 0 Å². The van der Waals surface area contributed by atoms with Crippen LogP contribution >= 0.6 is 0 Å². The standard InChI is InChI=1S/C8H10F3N/c1-3-6-4-5-7(12(6)2)8(9,10)11/h4-5H,3H2,1-2H3. The summed E-state index contributed by atoms with van der Waals surface area (Å²) in [6.07, 6.45) is -3.62. The summed E-state index contributed by atoms with van der Waals surface area (Å²) in [7, 11) is 1.43. The van der Waals surface area contributed by atoms with Crippen LogP contribution in [0.1, 0.15) is 18.3 Å². The fourth-order valence-corrected chi connectivity index (χ4v) is 1.19. The molecule has 0 aliphatic carbocycles. The van der Waals surface area contributed by atoms with E-state index in [0.717, 1.165) is 6.07 Å². The van der Waals surface area contributed by atoms with E-state index in [1.807, 2.05) is 6.92 Å². The van der Waals surface area contributed by atoms with Crippen molar-refractivity contribution in [3.63, 3.8) is 0 Å². The predicted molar refractivity (Wildman–Crippen MR) is 39.8 cm³/mol. The van der Waals surface area contributed by atoms with Crippen molar-refractivity contribution in [1.29, 1.82) is 0 Å². The minimum Gasteiger partial charge on any atom is -0.344 e. The van der Waals surface area contributed by atoms with Crippen LogP contribution in [0.2, 0.25) is 0 Å². The maximum absolute atomic E-state index is 12.2. The zero-order valence-electron chi connectivity index (χ0n) is 6.94. The molecule has 1 aromatic rings. The van der Waals surface area contributed by atoms with Gasteiger partial charge in [0.05, 0.1) is 0 Å². The van der Waals surface area contributed by atoms with Crippen LogP contribution in [0.5, 0.6) is 0 Å². The highest BCUT2D eigenvalue weighted by Crippen LogP contribution is 2.30. The van der Waals surface area contributed by atoms with E-state index in [2.05, 4.69) is 0 Å². The van der Waals surface area contributed by atoms with Crippen LogP contribution in [-0.2, 0) is 19.6 Å². The monoisotopic (exact) mass is 177 g/mol. The lowest BCUT2D eigenvalue weighted by molar-refractivity contribution is -0.143. The Bertz CT molecular complexity index is 272. The Morgan fingerprint density at radius 2 is 1.92 bits per heavy atom. The molecular formula is C8H10F3N. The quantitative estimate of drug-likeness (QED) is 0.621. The second-order valence-electron chi connectivity index (χ2n) is 2.62. The molecule has 4 heteroatoms. The van der Waals surface area contributed by atoms with Crippen LogP contribution in [-0.4, -0.2) is 4.57 Å². The third-order valence-electron chi connectivity index (χ3n) is 1.88. The SMILES string of the molecule is CCc1ccc(C(F)(F)F)n1C. The van der Waals surface area contributed by atoms with Gasteiger partial charge in [-0.25, -0.2) is 0 Å². The van der Waals surface area contributed by atoms with Crippen molar-refractivity contribution in [3.8, 4) is 0 Å². The van der Waals surface area contributed by atoms with Gasteiger partial charge in [-0.05, 0) is 18.6 Å². The summed E-state index contributed by atoms with van der Waals surface area (Å²) in [4.78, 5) is 0. The second-order valence-corrected chi connectivity index (χ2v) is 2.62. The Labute approximate surface area is 68.8 Å². The highest BCUT2D eigenvalue weighted by molar-refractivity contribution is 5.18. The number of halogens is 3. The fraction of sp³-hybridized carbons (Fsp3) is 0.500. The van der Waals surface area contributed by atoms with Gasteiger partial charge in [0, 0.05) is 12.7 Å². The van der Waals surface area contributed by atoms with Crippen molar-refractivity contribution in [2.24, 2.45) is 7.05 Å². The normalized spacial score (nSPS) is 12.1. The van der Waals surface area contributed by atoms with Gasteiger partial charge < -0.3 is 4.57 Å². The molecule has 0 saturated carbocycles. The van der Waals surface area contributed by atoms with E-state index in [1.54, 1.807) is 0 Å². The highest BCUT2D eigenvalue weighted by Gasteiger charge is 2.33. The molecule has 0 unspecified atom stereocenters. The topological polar surface area (TPSA) is 4.93 Å². The Morgan fingerprint density at radius 3 is 2.17 bits per heavy atom. The van der Waals surface area contributed by atoms with Crippen LogP contribution in [0.15, 0.2) is 12.1 Å². The van der Waals surface area contributed by atoms with E-state index < -0.39 is 11.9 Å². The molecule has 0 fully saturated rings. The molecule has 0 aromatic carbocycles. The first-order chi connectivity index (χ1) is 5.46. The van der Waals surface area contributed by atoms with Crippen molar-refractivity contribution in [1.82, 2.24) is 4.57 Å². The first kappa shape index (κ1) is 9.16. The lowest BCUT2D eigenvalue weighted by atomic mass is 10.3. The number of hydrogen-bond acceptors (Lipinski definition) is 0. The van der Waals surface area contributed by atoms with Crippen LogP contribution in [0.4, 0.5) is 13.2 Å². The molecule has 1 nitrogen and oxygen atoms in total. The average Bonchev–Trinajstić information content (AvgIpc) is 2.29. The maximum Gasteiger partial charge on any atom is 0.431 e. The Balaban J connectivity index is 3.11. The van der Waals surface area contributed by atoms with E-state index in [9.17, 15) is 13.2 Å². The molecule has 1 aromatic heterocycles. The Morgan fingerprint density at radius 1 is 1.33 bits per heavy atom. The minimum absolute atomic E-state index is 0.584. The second kappa shape index (κ2) is 2.84. The van der Waals surface area contributed by atoms with Crippen molar-refractivity contribution >= 4 is 0 Å². The molecule has 0 saturated heterocycles. The van der Waals surface area contributed by atoms with Crippen molar-refractivity contribution in [2.45, 2.75) is 19.5 Å². The average molecular weight is 177 g/mol. The summed E-state index contributed by atoms with van der Waals surface area (Å²) < 4.78 is 37.7. The molecule has 68 valence electrons. The number of rotatable bonds is 1. The largest absolute Gasteiger partial charge is 0.431 e. The zero-order valence-corrected chi connectivity index (χ0v) is 6.94. The molecule has 1 rings (SSSR count). The predicted octanol–water partition coefficient (Wildman–Crippen LogP) is 2.61. The lowest BCUT2D eigenvalue weighted by Gasteiger charge is -2.08. The van der Waals surface area contributed by atoms with Gasteiger partial charge in [-0.2, -0.15) is 13.2 Å². The van der Waals surface area contributed by atoms with Gasteiger partial charge in [0.15, 0.2) is 0 Å². The number of alkyl halides is 3. The summed E-state index contributed by atoms with van der Waals surface area (Å²) in [6.45, 7) is 1.83. The molecule has 0 amide bonds. The van der Waals surface area contributed by atoms with Crippen molar-refractivity contribution in [2.75, 3.05) is 0 Å². The first-order valence-electron chi connectivity index (χ1n) is 3.68. The van der Waals surface area contributed by atoms with Gasteiger partial charge in [-0.3, -0.25) is 0 Å². The summed E-state index contributed by atoms with van der Waals surface area (Å²) in [6, 6.07) is 2.61. The zero-order chi connectivity index (χ0) is 9.35. The molecule has 0 aliphatic rings. The smallest absolute Gasteiger partial charge is 0.344 e. The Hall–Kier alpha value is -0.930. The van der Waals surface area contributed by atoms with Crippen molar-refractivity contribution in [3.05, 3.63) is 23.5 Å². The molecular weight excluding hydrogens is 167 g/mol.